The van der Waals surface area contributed by atoms with Crippen molar-refractivity contribution in [2.24, 2.45) is 0 Å². The number of ether oxygens (including phenoxy) is 3. The summed E-state index contributed by atoms with van der Waals surface area (Å²) in [6, 6.07) is 7.23. The average molecular weight is 388 g/mol. The molecule has 0 unspecified atom stereocenters. The lowest BCUT2D eigenvalue weighted by atomic mass is 9.81. The maximum Gasteiger partial charge on any atom is 0.454 e. The van der Waals surface area contributed by atoms with Crippen LogP contribution in [0.4, 0.5) is 0 Å². The molecular formula is C19H25BN2O6. The Kier molecular flexibility index (Phi) is 7.08. The van der Waals surface area contributed by atoms with E-state index >= 15 is 0 Å². The molecule has 8 nitrogen and oxygen atoms in total. The van der Waals surface area contributed by atoms with Crippen molar-refractivity contribution in [3.63, 3.8) is 0 Å². The zero-order valence-electron chi connectivity index (χ0n) is 16.1. The third-order valence-electron chi connectivity index (χ3n) is 4.34. The van der Waals surface area contributed by atoms with E-state index in [2.05, 4.69) is 9.97 Å². The van der Waals surface area contributed by atoms with Gasteiger partial charge in [0.25, 0.3) is 0 Å². The second-order valence-electron chi connectivity index (χ2n) is 6.46. The summed E-state index contributed by atoms with van der Waals surface area (Å²) in [5, 5.41) is 18.7. The van der Waals surface area contributed by atoms with Crippen LogP contribution in [0.1, 0.15) is 25.0 Å². The van der Waals surface area contributed by atoms with Crippen molar-refractivity contribution in [2.75, 3.05) is 33.5 Å². The van der Waals surface area contributed by atoms with Gasteiger partial charge in [-0.25, -0.2) is 4.98 Å². The van der Waals surface area contributed by atoms with E-state index in [0.717, 1.165) is 17.7 Å². The highest BCUT2D eigenvalue weighted by Gasteiger charge is 2.31. The molecule has 1 saturated heterocycles. The van der Waals surface area contributed by atoms with Gasteiger partial charge >= 0.3 is 7.12 Å². The van der Waals surface area contributed by atoms with Crippen molar-refractivity contribution >= 4 is 7.12 Å². The van der Waals surface area contributed by atoms with Crippen LogP contribution >= 0.6 is 0 Å². The molecule has 0 amide bonds. The Morgan fingerprint density at radius 3 is 2.71 bits per heavy atom. The lowest BCUT2D eigenvalue weighted by Crippen LogP contribution is -2.09. The first-order valence-corrected chi connectivity index (χ1v) is 9.38. The van der Waals surface area contributed by atoms with E-state index in [1.54, 1.807) is 13.2 Å². The fourth-order valence-electron chi connectivity index (χ4n) is 2.96. The molecule has 2 heterocycles. The predicted octanol–water partition coefficient (Wildman–Crippen LogP) is 1.91. The largest absolute Gasteiger partial charge is 0.493 e. The zero-order valence-corrected chi connectivity index (χ0v) is 16.1. The van der Waals surface area contributed by atoms with E-state index in [9.17, 15) is 5.02 Å². The predicted molar refractivity (Wildman–Crippen MR) is 104 cm³/mol. The van der Waals surface area contributed by atoms with E-state index in [4.69, 9.17) is 24.0 Å². The molecule has 1 aromatic heterocycles. The summed E-state index contributed by atoms with van der Waals surface area (Å²) >= 11 is 0. The summed E-state index contributed by atoms with van der Waals surface area (Å²) in [5.74, 6) is 2.03. The van der Waals surface area contributed by atoms with Crippen LogP contribution in [-0.4, -0.2) is 60.8 Å². The van der Waals surface area contributed by atoms with E-state index in [1.165, 1.54) is 0 Å². The quantitative estimate of drug-likeness (QED) is 0.628. The second kappa shape index (κ2) is 9.72. The van der Waals surface area contributed by atoms with Crippen molar-refractivity contribution in [2.45, 2.75) is 25.6 Å². The molecule has 0 radical (unpaired) electrons. The third kappa shape index (κ3) is 4.92. The molecule has 0 saturated carbocycles. The van der Waals surface area contributed by atoms with Gasteiger partial charge < -0.3 is 29.0 Å². The maximum atomic E-state index is 9.67. The standard InChI is InChI=1S/C19H25BN2O6/c1-3-7-26-17-9-13(4-5-16(17)25-2)19-21-15(14-11-20(24)28-12-14)10-18(22-19)27-8-6-23/h4-5,9-10,14,23-24H,3,6-8,11-12H2,1-2H3/t14-/m0/s1. The third-order valence-corrected chi connectivity index (χ3v) is 4.34. The Hall–Kier alpha value is -2.36. The first-order valence-electron chi connectivity index (χ1n) is 9.38. The van der Waals surface area contributed by atoms with Gasteiger partial charge in [0, 0.05) is 24.2 Å². The van der Waals surface area contributed by atoms with E-state index in [-0.39, 0.29) is 19.1 Å². The van der Waals surface area contributed by atoms with Crippen LogP contribution in [-0.2, 0) is 4.65 Å². The highest BCUT2D eigenvalue weighted by Crippen LogP contribution is 2.34. The Labute approximate surface area is 164 Å². The summed E-state index contributed by atoms with van der Waals surface area (Å²) in [4.78, 5) is 9.13. The number of aromatic nitrogens is 2. The van der Waals surface area contributed by atoms with Crippen LogP contribution in [0.5, 0.6) is 17.4 Å². The lowest BCUT2D eigenvalue weighted by Gasteiger charge is -2.14. The Morgan fingerprint density at radius 1 is 1.18 bits per heavy atom. The van der Waals surface area contributed by atoms with Crippen LogP contribution < -0.4 is 14.2 Å². The summed E-state index contributed by atoms with van der Waals surface area (Å²) in [7, 11) is 0.803. The number of aliphatic hydroxyl groups is 1. The van der Waals surface area contributed by atoms with Crippen LogP contribution in [0.2, 0.25) is 6.32 Å². The minimum absolute atomic E-state index is 0.0534. The van der Waals surface area contributed by atoms with Gasteiger partial charge in [-0.15, -0.1) is 0 Å². The van der Waals surface area contributed by atoms with E-state index in [1.807, 2.05) is 25.1 Å². The van der Waals surface area contributed by atoms with E-state index in [0.29, 0.717) is 42.7 Å². The SMILES string of the molecule is CCCOc1cc(-c2nc(OCCO)cc([C@@H]3COB(O)C3)n2)ccc1OC. The number of nitrogens with zero attached hydrogens (tertiary/aromatic N) is 2. The first-order chi connectivity index (χ1) is 13.6. The number of aliphatic hydroxyl groups excluding tert-OH is 1. The molecule has 28 heavy (non-hydrogen) atoms. The Bertz CT molecular complexity index is 791. The average Bonchev–Trinajstić information content (AvgIpc) is 3.16. The smallest absolute Gasteiger partial charge is 0.454 e. The van der Waals surface area contributed by atoms with Gasteiger partial charge in [-0.05, 0) is 30.9 Å². The van der Waals surface area contributed by atoms with Gasteiger partial charge in [-0.3, -0.25) is 0 Å². The van der Waals surface area contributed by atoms with Crippen molar-refractivity contribution in [3.8, 4) is 28.8 Å². The van der Waals surface area contributed by atoms with Crippen molar-refractivity contribution in [3.05, 3.63) is 30.0 Å². The summed E-state index contributed by atoms with van der Waals surface area (Å²) in [6.07, 6.45) is 1.34. The minimum atomic E-state index is -0.791. The number of benzene rings is 1. The number of hydrogen-bond donors (Lipinski definition) is 2. The zero-order chi connectivity index (χ0) is 19.9. The van der Waals surface area contributed by atoms with Crippen molar-refractivity contribution < 1.29 is 29.0 Å². The topological polar surface area (TPSA) is 103 Å². The number of methoxy groups -OCH3 is 1. The van der Waals surface area contributed by atoms with Gasteiger partial charge in [0.15, 0.2) is 17.3 Å². The van der Waals surface area contributed by atoms with Gasteiger partial charge in [-0.2, -0.15) is 4.98 Å². The summed E-state index contributed by atoms with van der Waals surface area (Å²) in [6.45, 7) is 3.00. The molecule has 0 bridgehead atoms. The van der Waals surface area contributed by atoms with Gasteiger partial charge in [0.05, 0.1) is 26.0 Å². The minimum Gasteiger partial charge on any atom is -0.493 e. The number of hydrogen-bond acceptors (Lipinski definition) is 8. The molecule has 150 valence electrons. The highest BCUT2D eigenvalue weighted by atomic mass is 16.5. The molecule has 1 aliphatic heterocycles. The van der Waals surface area contributed by atoms with Crippen LogP contribution in [0.3, 0.4) is 0 Å². The molecule has 9 heteroatoms. The molecule has 2 aromatic rings. The monoisotopic (exact) mass is 388 g/mol. The summed E-state index contributed by atoms with van der Waals surface area (Å²) < 4.78 is 21.9. The fourth-order valence-corrected chi connectivity index (χ4v) is 2.96. The van der Waals surface area contributed by atoms with Crippen LogP contribution in [0.15, 0.2) is 24.3 Å². The molecule has 1 fully saturated rings. The molecule has 2 N–H and O–H groups in total. The fraction of sp³-hybridized carbons (Fsp3) is 0.474. The molecular weight excluding hydrogens is 363 g/mol. The number of rotatable bonds is 9. The molecule has 0 aliphatic carbocycles. The lowest BCUT2D eigenvalue weighted by molar-refractivity contribution is 0.196. The van der Waals surface area contributed by atoms with Crippen LogP contribution in [0, 0.1) is 0 Å². The first kappa shape index (κ1) is 20.4. The Balaban J connectivity index is 1.97. The van der Waals surface area contributed by atoms with Crippen molar-refractivity contribution in [1.29, 1.82) is 0 Å². The second-order valence-corrected chi connectivity index (χ2v) is 6.46. The molecule has 3 rings (SSSR count). The molecule has 1 aliphatic rings. The van der Waals surface area contributed by atoms with Gasteiger partial charge in [0.2, 0.25) is 5.88 Å². The summed E-state index contributed by atoms with van der Waals surface area (Å²) in [5.41, 5.74) is 1.48. The molecule has 1 aromatic carbocycles. The highest BCUT2D eigenvalue weighted by molar-refractivity contribution is 6.43. The van der Waals surface area contributed by atoms with Gasteiger partial charge in [0.1, 0.15) is 6.61 Å². The molecule has 1 atom stereocenters. The van der Waals surface area contributed by atoms with Crippen LogP contribution in [0.25, 0.3) is 11.4 Å². The molecule has 0 spiro atoms. The van der Waals surface area contributed by atoms with Gasteiger partial charge in [-0.1, -0.05) is 6.92 Å². The Morgan fingerprint density at radius 2 is 2.04 bits per heavy atom. The normalized spacial score (nSPS) is 16.3. The van der Waals surface area contributed by atoms with E-state index < -0.39 is 7.12 Å². The maximum absolute atomic E-state index is 9.67. The van der Waals surface area contributed by atoms with Crippen molar-refractivity contribution in [1.82, 2.24) is 9.97 Å².